The lowest BCUT2D eigenvalue weighted by molar-refractivity contribution is -0.144. The largest absolute Gasteiger partial charge is 0.466 e. The number of carbonyl (C=O) groups excluding carboxylic acids is 2. The Kier molecular flexibility index (Phi) is 23.8. The quantitative estimate of drug-likeness (QED) is 0.109. The van der Waals surface area contributed by atoms with Crippen LogP contribution >= 0.6 is 0 Å². The monoisotopic (exact) mass is 453 g/mol. The number of hydrogen-bond donors (Lipinski definition) is 0. The van der Waals surface area contributed by atoms with Crippen molar-refractivity contribution in [1.29, 1.82) is 0 Å². The van der Waals surface area contributed by atoms with Crippen LogP contribution in [0.2, 0.25) is 0 Å². The molecular weight excluding hydrogens is 398 g/mol. The van der Waals surface area contributed by atoms with E-state index in [0.717, 1.165) is 58.0 Å². The van der Waals surface area contributed by atoms with Crippen molar-refractivity contribution < 1.29 is 14.3 Å². The van der Waals surface area contributed by atoms with Crippen LogP contribution in [0.25, 0.3) is 0 Å². The van der Waals surface area contributed by atoms with E-state index in [0.29, 0.717) is 25.4 Å². The third kappa shape index (κ3) is 20.8. The number of rotatable bonds is 24. The average Bonchev–Trinajstić information content (AvgIpc) is 2.79. The molecule has 0 saturated heterocycles. The van der Waals surface area contributed by atoms with Crippen molar-refractivity contribution in [2.24, 2.45) is 0 Å². The molecule has 0 heterocycles. The second-order valence-electron chi connectivity index (χ2n) is 9.35. The Morgan fingerprint density at radius 1 is 0.562 bits per heavy atom. The van der Waals surface area contributed by atoms with Crippen LogP contribution in [-0.4, -0.2) is 36.5 Å². The highest BCUT2D eigenvalue weighted by Crippen LogP contribution is 2.12. The average molecular weight is 454 g/mol. The molecule has 32 heavy (non-hydrogen) atoms. The molecule has 0 aliphatic rings. The van der Waals surface area contributed by atoms with Gasteiger partial charge in [0.15, 0.2) is 0 Å². The topological polar surface area (TPSA) is 46.6 Å². The fourth-order valence-electron chi connectivity index (χ4n) is 4.09. The van der Waals surface area contributed by atoms with E-state index in [1.54, 1.807) is 0 Å². The normalized spacial score (nSPS) is 11.0. The Morgan fingerprint density at radius 2 is 1.03 bits per heavy atom. The van der Waals surface area contributed by atoms with E-state index in [4.69, 9.17) is 4.74 Å². The van der Waals surface area contributed by atoms with E-state index < -0.39 is 0 Å². The molecule has 4 heteroatoms. The highest BCUT2D eigenvalue weighted by molar-refractivity contribution is 5.76. The van der Waals surface area contributed by atoms with Crippen LogP contribution in [0.3, 0.4) is 0 Å². The first-order valence-corrected chi connectivity index (χ1v) is 14.1. The number of unbranched alkanes of at least 4 members (excludes halogenated alkanes) is 15. The molecule has 0 aromatic heterocycles. The lowest BCUT2D eigenvalue weighted by Crippen LogP contribution is -2.31. The first-order chi connectivity index (χ1) is 15.7. The van der Waals surface area contributed by atoms with Crippen molar-refractivity contribution in [3.05, 3.63) is 0 Å². The van der Waals surface area contributed by atoms with Gasteiger partial charge in [-0.25, -0.2) is 0 Å². The van der Waals surface area contributed by atoms with E-state index in [2.05, 4.69) is 20.8 Å². The Balaban J connectivity index is 3.55. The molecule has 0 N–H and O–H groups in total. The fourth-order valence-corrected chi connectivity index (χ4v) is 4.09. The molecule has 190 valence electrons. The van der Waals surface area contributed by atoms with Gasteiger partial charge >= 0.3 is 5.97 Å². The predicted molar refractivity (Wildman–Crippen MR) is 137 cm³/mol. The first-order valence-electron chi connectivity index (χ1n) is 14.1. The van der Waals surface area contributed by atoms with Gasteiger partial charge in [0.2, 0.25) is 5.91 Å². The van der Waals surface area contributed by atoms with Gasteiger partial charge in [-0.3, -0.25) is 9.59 Å². The summed E-state index contributed by atoms with van der Waals surface area (Å²) in [6.45, 7) is 8.76. The molecular formula is C28H55NO3. The molecule has 0 aliphatic heterocycles. The lowest BCUT2D eigenvalue weighted by atomic mass is 10.1. The van der Waals surface area contributed by atoms with Crippen LogP contribution in [-0.2, 0) is 14.3 Å². The van der Waals surface area contributed by atoms with Crippen molar-refractivity contribution in [2.75, 3.05) is 19.7 Å². The van der Waals surface area contributed by atoms with Crippen LogP contribution in [0.15, 0.2) is 0 Å². The highest BCUT2D eigenvalue weighted by Gasteiger charge is 2.10. The number of hydrogen-bond acceptors (Lipinski definition) is 3. The van der Waals surface area contributed by atoms with Crippen molar-refractivity contribution >= 4 is 11.9 Å². The predicted octanol–water partition coefficient (Wildman–Crippen LogP) is 8.22. The minimum Gasteiger partial charge on any atom is -0.466 e. The zero-order valence-corrected chi connectivity index (χ0v) is 21.9. The van der Waals surface area contributed by atoms with Crippen molar-refractivity contribution in [3.63, 3.8) is 0 Å². The second kappa shape index (κ2) is 24.6. The van der Waals surface area contributed by atoms with Gasteiger partial charge in [0.1, 0.15) is 0 Å². The summed E-state index contributed by atoms with van der Waals surface area (Å²) in [5.41, 5.74) is 0. The summed E-state index contributed by atoms with van der Waals surface area (Å²) in [6.07, 6.45) is 22.8. The fraction of sp³-hybridized carbons (Fsp3) is 0.929. The maximum absolute atomic E-state index is 12.4. The van der Waals surface area contributed by atoms with Crippen LogP contribution < -0.4 is 0 Å². The molecule has 0 bridgehead atoms. The molecule has 0 aromatic carbocycles. The summed E-state index contributed by atoms with van der Waals surface area (Å²) in [5.74, 6) is 0.282. The summed E-state index contributed by atoms with van der Waals surface area (Å²) >= 11 is 0. The van der Waals surface area contributed by atoms with Gasteiger partial charge in [-0.15, -0.1) is 0 Å². The molecule has 0 saturated carbocycles. The highest BCUT2D eigenvalue weighted by atomic mass is 16.5. The van der Waals surface area contributed by atoms with Crippen molar-refractivity contribution in [1.82, 2.24) is 4.90 Å². The lowest BCUT2D eigenvalue weighted by Gasteiger charge is -2.21. The van der Waals surface area contributed by atoms with Crippen molar-refractivity contribution in [2.45, 2.75) is 149 Å². The SMILES string of the molecule is CCCCCCCCCCCC(=O)N(CC)CCCCCCOC(=O)CCCCCCC. The number of carbonyl (C=O) groups is 2. The smallest absolute Gasteiger partial charge is 0.305 e. The molecule has 0 radical (unpaired) electrons. The Morgan fingerprint density at radius 3 is 1.59 bits per heavy atom. The Labute approximate surface area is 200 Å². The van der Waals surface area contributed by atoms with E-state index >= 15 is 0 Å². The van der Waals surface area contributed by atoms with Gasteiger partial charge in [0.25, 0.3) is 0 Å². The van der Waals surface area contributed by atoms with Gasteiger partial charge in [-0.1, -0.05) is 97.3 Å². The third-order valence-electron chi connectivity index (χ3n) is 6.30. The first kappa shape index (κ1) is 30.9. The number of ether oxygens (including phenoxy) is 1. The molecule has 0 spiro atoms. The van der Waals surface area contributed by atoms with Crippen LogP contribution in [0, 0.1) is 0 Å². The maximum atomic E-state index is 12.4. The Hall–Kier alpha value is -1.06. The van der Waals surface area contributed by atoms with Gasteiger partial charge in [0.05, 0.1) is 6.61 Å². The van der Waals surface area contributed by atoms with E-state index in [1.165, 1.54) is 70.6 Å². The number of amides is 1. The van der Waals surface area contributed by atoms with Gasteiger partial charge in [-0.05, 0) is 39.0 Å². The minimum absolute atomic E-state index is 0.0410. The van der Waals surface area contributed by atoms with Gasteiger partial charge in [0, 0.05) is 25.9 Å². The zero-order valence-electron chi connectivity index (χ0n) is 21.9. The Bertz CT molecular complexity index is 425. The van der Waals surface area contributed by atoms with Crippen LogP contribution in [0.5, 0.6) is 0 Å². The standard InChI is InChI=1S/C28H55NO3/c1-4-7-9-11-12-13-14-16-19-23-27(30)29(6-3)25-21-17-18-22-26-32-28(31)24-20-15-10-8-5-2/h4-26H2,1-3H3. The van der Waals surface area contributed by atoms with Crippen LogP contribution in [0.1, 0.15) is 149 Å². The summed E-state index contributed by atoms with van der Waals surface area (Å²) in [7, 11) is 0. The molecule has 1 amide bonds. The molecule has 0 unspecified atom stereocenters. The second-order valence-corrected chi connectivity index (χ2v) is 9.35. The summed E-state index contributed by atoms with van der Waals surface area (Å²) < 4.78 is 5.33. The van der Waals surface area contributed by atoms with E-state index in [9.17, 15) is 9.59 Å². The molecule has 0 aliphatic carbocycles. The minimum atomic E-state index is -0.0410. The van der Waals surface area contributed by atoms with E-state index in [1.807, 2.05) is 4.90 Å². The van der Waals surface area contributed by atoms with Gasteiger partial charge < -0.3 is 9.64 Å². The van der Waals surface area contributed by atoms with Crippen molar-refractivity contribution in [3.8, 4) is 0 Å². The third-order valence-corrected chi connectivity index (χ3v) is 6.30. The zero-order chi connectivity index (χ0) is 23.7. The molecule has 0 atom stereocenters. The molecule has 4 nitrogen and oxygen atoms in total. The molecule has 0 rings (SSSR count). The van der Waals surface area contributed by atoms with Crippen LogP contribution in [0.4, 0.5) is 0 Å². The van der Waals surface area contributed by atoms with E-state index in [-0.39, 0.29) is 5.97 Å². The number of esters is 1. The summed E-state index contributed by atoms with van der Waals surface area (Å²) in [5, 5.41) is 0. The molecule has 0 fully saturated rings. The van der Waals surface area contributed by atoms with Gasteiger partial charge in [-0.2, -0.15) is 0 Å². The molecule has 0 aromatic rings. The summed E-state index contributed by atoms with van der Waals surface area (Å²) in [6, 6.07) is 0. The maximum Gasteiger partial charge on any atom is 0.305 e. The summed E-state index contributed by atoms with van der Waals surface area (Å²) in [4.78, 5) is 26.2. The number of nitrogens with zero attached hydrogens (tertiary/aromatic N) is 1.